The van der Waals surface area contributed by atoms with E-state index in [0.29, 0.717) is 0 Å². The molecule has 0 aromatic carbocycles. The maximum atomic E-state index is 10.5. The molecule has 0 rings (SSSR count). The van der Waals surface area contributed by atoms with Gasteiger partial charge in [-0.1, -0.05) is 5.92 Å². The number of carbonyl (C=O) groups excluding carboxylic acids is 1. The number of carbonyl (C=O) groups is 1. The van der Waals surface area contributed by atoms with Crippen LogP contribution in [0.15, 0.2) is 0 Å². The molecule has 3 heteroatoms. The number of urea groups is 1. The second kappa shape index (κ2) is 3.79. The smallest absolute Gasteiger partial charge is 0.315 e. The summed E-state index contributed by atoms with van der Waals surface area (Å²) in [5.41, 5.74) is 0. The van der Waals surface area contributed by atoms with Gasteiger partial charge in [0, 0.05) is 7.05 Å². The monoisotopic (exact) mass is 126 g/mol. The molecule has 0 fully saturated rings. The van der Waals surface area contributed by atoms with Gasteiger partial charge in [-0.3, -0.25) is 0 Å². The lowest BCUT2D eigenvalue weighted by atomic mass is 10.4. The SMILES string of the molecule is C#C[C@@H](C)NC(=O)NC. The molecule has 0 spiro atoms. The molecule has 0 aliphatic carbocycles. The van der Waals surface area contributed by atoms with Crippen molar-refractivity contribution < 1.29 is 4.79 Å². The molecule has 0 heterocycles. The predicted octanol–water partition coefficient (Wildman–Crippen LogP) is -0.0629. The molecule has 1 atom stereocenters. The van der Waals surface area contributed by atoms with Crippen molar-refractivity contribution in [3.8, 4) is 12.3 Å². The summed E-state index contributed by atoms with van der Waals surface area (Å²) in [6.07, 6.45) is 4.98. The third-order valence-corrected chi connectivity index (χ3v) is 0.825. The summed E-state index contributed by atoms with van der Waals surface area (Å²) in [4.78, 5) is 10.5. The molecular weight excluding hydrogens is 116 g/mol. The molecule has 0 bridgehead atoms. The van der Waals surface area contributed by atoms with Gasteiger partial charge in [0.1, 0.15) is 0 Å². The second-order valence-electron chi connectivity index (χ2n) is 1.61. The lowest BCUT2D eigenvalue weighted by Gasteiger charge is -2.04. The van der Waals surface area contributed by atoms with Gasteiger partial charge in [0.15, 0.2) is 0 Å². The standard InChI is InChI=1S/C6H10N2O/c1-4-5(2)8-6(9)7-3/h1,5H,2-3H3,(H2,7,8,9)/t5-/m1/s1. The van der Waals surface area contributed by atoms with E-state index in [-0.39, 0.29) is 12.1 Å². The lowest BCUT2D eigenvalue weighted by molar-refractivity contribution is 0.242. The van der Waals surface area contributed by atoms with Crippen LogP contribution in [-0.4, -0.2) is 19.1 Å². The number of hydrogen-bond donors (Lipinski definition) is 2. The molecule has 0 unspecified atom stereocenters. The van der Waals surface area contributed by atoms with Crippen molar-refractivity contribution in [3.05, 3.63) is 0 Å². The number of rotatable bonds is 1. The van der Waals surface area contributed by atoms with Crippen LogP contribution in [0.1, 0.15) is 6.92 Å². The van der Waals surface area contributed by atoms with E-state index in [1.54, 1.807) is 14.0 Å². The molecule has 0 aromatic heterocycles. The van der Waals surface area contributed by atoms with Crippen molar-refractivity contribution in [1.29, 1.82) is 0 Å². The second-order valence-corrected chi connectivity index (χ2v) is 1.61. The lowest BCUT2D eigenvalue weighted by Crippen LogP contribution is -2.38. The highest BCUT2D eigenvalue weighted by Gasteiger charge is 1.98. The maximum absolute atomic E-state index is 10.5. The Morgan fingerprint density at radius 2 is 2.33 bits per heavy atom. The normalized spacial score (nSPS) is 11.2. The van der Waals surface area contributed by atoms with Crippen molar-refractivity contribution in [2.24, 2.45) is 0 Å². The Balaban J connectivity index is 3.50. The van der Waals surface area contributed by atoms with Crippen LogP contribution in [0.2, 0.25) is 0 Å². The number of amides is 2. The van der Waals surface area contributed by atoms with Crippen LogP contribution < -0.4 is 10.6 Å². The first-order valence-corrected chi connectivity index (χ1v) is 2.65. The van der Waals surface area contributed by atoms with Gasteiger partial charge in [-0.05, 0) is 6.92 Å². The molecule has 0 radical (unpaired) electrons. The van der Waals surface area contributed by atoms with Crippen LogP contribution in [0.25, 0.3) is 0 Å². The van der Waals surface area contributed by atoms with Gasteiger partial charge in [-0.15, -0.1) is 6.42 Å². The summed E-state index contributed by atoms with van der Waals surface area (Å²) in [5, 5.41) is 4.88. The van der Waals surface area contributed by atoms with E-state index in [1.165, 1.54) is 0 Å². The zero-order valence-corrected chi connectivity index (χ0v) is 5.56. The first-order valence-electron chi connectivity index (χ1n) is 2.65. The van der Waals surface area contributed by atoms with Gasteiger partial charge in [0.25, 0.3) is 0 Å². The summed E-state index contributed by atoms with van der Waals surface area (Å²) in [5.74, 6) is 2.36. The molecule has 2 N–H and O–H groups in total. The number of nitrogens with one attached hydrogen (secondary N) is 2. The third-order valence-electron chi connectivity index (χ3n) is 0.825. The Hall–Kier alpha value is -1.17. The van der Waals surface area contributed by atoms with Gasteiger partial charge < -0.3 is 10.6 Å². The molecule has 50 valence electrons. The average molecular weight is 126 g/mol. The van der Waals surface area contributed by atoms with Crippen LogP contribution >= 0.6 is 0 Å². The van der Waals surface area contributed by atoms with Crippen molar-refractivity contribution in [3.63, 3.8) is 0 Å². The Kier molecular flexibility index (Phi) is 3.29. The third kappa shape index (κ3) is 3.42. The zero-order valence-electron chi connectivity index (χ0n) is 5.56. The van der Waals surface area contributed by atoms with E-state index in [9.17, 15) is 4.79 Å². The minimum Gasteiger partial charge on any atom is -0.341 e. The summed E-state index contributed by atoms with van der Waals surface area (Å²) in [6.45, 7) is 1.73. The Bertz CT molecular complexity index is 136. The van der Waals surface area contributed by atoms with E-state index in [1.807, 2.05) is 0 Å². The van der Waals surface area contributed by atoms with Crippen LogP contribution in [-0.2, 0) is 0 Å². The molecule has 0 aliphatic heterocycles. The van der Waals surface area contributed by atoms with Crippen molar-refractivity contribution in [1.82, 2.24) is 10.6 Å². The molecule has 2 amide bonds. The van der Waals surface area contributed by atoms with E-state index < -0.39 is 0 Å². The van der Waals surface area contributed by atoms with E-state index >= 15 is 0 Å². The molecule has 0 saturated carbocycles. The largest absolute Gasteiger partial charge is 0.341 e. The number of hydrogen-bond acceptors (Lipinski definition) is 1. The predicted molar refractivity (Wildman–Crippen MR) is 35.9 cm³/mol. The summed E-state index contributed by atoms with van der Waals surface area (Å²) in [7, 11) is 1.54. The Morgan fingerprint density at radius 3 is 2.67 bits per heavy atom. The molecular formula is C6H10N2O. The zero-order chi connectivity index (χ0) is 7.28. The van der Waals surface area contributed by atoms with Crippen LogP contribution in [0, 0.1) is 12.3 Å². The molecule has 0 saturated heterocycles. The number of terminal acetylenes is 1. The summed E-state index contributed by atoms with van der Waals surface area (Å²) >= 11 is 0. The van der Waals surface area contributed by atoms with Crippen LogP contribution in [0.5, 0.6) is 0 Å². The van der Waals surface area contributed by atoms with Crippen molar-refractivity contribution in [2.45, 2.75) is 13.0 Å². The van der Waals surface area contributed by atoms with Gasteiger partial charge in [0.2, 0.25) is 0 Å². The first kappa shape index (κ1) is 7.83. The quantitative estimate of drug-likeness (QED) is 0.475. The fraction of sp³-hybridized carbons (Fsp3) is 0.500. The fourth-order valence-electron chi connectivity index (χ4n) is 0.310. The van der Waals surface area contributed by atoms with E-state index in [0.717, 1.165) is 0 Å². The fourth-order valence-corrected chi connectivity index (χ4v) is 0.310. The minimum atomic E-state index is -0.250. The Morgan fingerprint density at radius 1 is 1.78 bits per heavy atom. The van der Waals surface area contributed by atoms with Crippen LogP contribution in [0.3, 0.4) is 0 Å². The van der Waals surface area contributed by atoms with Crippen molar-refractivity contribution in [2.75, 3.05) is 7.05 Å². The van der Waals surface area contributed by atoms with E-state index in [4.69, 9.17) is 6.42 Å². The van der Waals surface area contributed by atoms with Gasteiger partial charge in [-0.25, -0.2) is 4.79 Å². The topological polar surface area (TPSA) is 41.1 Å². The van der Waals surface area contributed by atoms with Gasteiger partial charge in [-0.2, -0.15) is 0 Å². The summed E-state index contributed by atoms with van der Waals surface area (Å²) in [6, 6.07) is -0.453. The molecule has 3 nitrogen and oxygen atoms in total. The highest BCUT2D eigenvalue weighted by Crippen LogP contribution is 1.74. The highest BCUT2D eigenvalue weighted by molar-refractivity contribution is 5.74. The van der Waals surface area contributed by atoms with Gasteiger partial charge >= 0.3 is 6.03 Å². The van der Waals surface area contributed by atoms with Gasteiger partial charge in [0.05, 0.1) is 6.04 Å². The minimum absolute atomic E-state index is 0.204. The van der Waals surface area contributed by atoms with Crippen molar-refractivity contribution >= 4 is 6.03 Å². The average Bonchev–Trinajstić information content (AvgIpc) is 1.87. The molecule has 0 aromatic rings. The van der Waals surface area contributed by atoms with E-state index in [2.05, 4.69) is 16.6 Å². The summed E-state index contributed by atoms with van der Waals surface area (Å²) < 4.78 is 0. The molecule has 0 aliphatic rings. The maximum Gasteiger partial charge on any atom is 0.315 e. The first-order chi connectivity index (χ1) is 4.20. The Labute approximate surface area is 54.8 Å². The molecule has 9 heavy (non-hydrogen) atoms. The van der Waals surface area contributed by atoms with Crippen LogP contribution in [0.4, 0.5) is 4.79 Å². The highest BCUT2D eigenvalue weighted by atomic mass is 16.2.